The first-order valence-corrected chi connectivity index (χ1v) is 10.6. The summed E-state index contributed by atoms with van der Waals surface area (Å²) in [5, 5.41) is 14.1. The molecule has 0 aromatic heterocycles. The Morgan fingerprint density at radius 3 is 2.63 bits per heavy atom. The molecule has 1 aliphatic rings. The fraction of sp³-hybridized carbons (Fsp3) is 0.409. The summed E-state index contributed by atoms with van der Waals surface area (Å²) in [4.78, 5) is 14.5. The summed E-state index contributed by atoms with van der Waals surface area (Å²) in [5.74, 6) is 0.954. The Kier molecular flexibility index (Phi) is 8.22. The van der Waals surface area contributed by atoms with Crippen molar-refractivity contribution in [2.24, 2.45) is 0 Å². The Labute approximate surface area is 186 Å². The predicted molar refractivity (Wildman–Crippen MR) is 118 cm³/mol. The third-order valence-electron chi connectivity index (χ3n) is 5.05. The van der Waals surface area contributed by atoms with Crippen molar-refractivity contribution in [3.05, 3.63) is 58.1 Å². The van der Waals surface area contributed by atoms with Crippen LogP contribution in [0.1, 0.15) is 23.2 Å². The van der Waals surface area contributed by atoms with Gasteiger partial charge in [-0.15, -0.1) is 0 Å². The molecule has 30 heavy (non-hydrogen) atoms. The van der Waals surface area contributed by atoms with E-state index in [-0.39, 0.29) is 18.6 Å². The highest BCUT2D eigenvalue weighted by Gasteiger charge is 2.23. The van der Waals surface area contributed by atoms with Crippen LogP contribution in [0.25, 0.3) is 0 Å². The molecule has 3 rings (SSSR count). The molecule has 6 nitrogen and oxygen atoms in total. The summed E-state index contributed by atoms with van der Waals surface area (Å²) in [6.07, 6.45) is 1.14. The number of aliphatic hydroxyl groups is 1. The van der Waals surface area contributed by atoms with Crippen molar-refractivity contribution in [3.63, 3.8) is 0 Å². The average molecular weight is 453 g/mol. The van der Waals surface area contributed by atoms with Crippen molar-refractivity contribution in [3.8, 4) is 11.5 Å². The van der Waals surface area contributed by atoms with Crippen molar-refractivity contribution >= 4 is 29.1 Å². The summed E-state index contributed by atoms with van der Waals surface area (Å²) in [5.41, 5.74) is 0.451. The molecule has 162 valence electrons. The van der Waals surface area contributed by atoms with Crippen LogP contribution < -0.4 is 14.8 Å². The van der Waals surface area contributed by atoms with E-state index >= 15 is 0 Å². The summed E-state index contributed by atoms with van der Waals surface area (Å²) >= 11 is 12.0. The standard InChI is InChI=1S/C22H26Cl2N2O4/c1-29-21-5-3-2-4-18(21)22(28)25-13-15(27)14-26-10-8-16(9-11-26)30-17-6-7-19(23)20(24)12-17/h2-7,12,15-16,27H,8-11,13-14H2,1H3,(H,25,28)/t15-/m1/s1. The molecule has 0 saturated carbocycles. The first kappa shape index (κ1) is 22.7. The normalized spacial score (nSPS) is 16.1. The van der Waals surface area contributed by atoms with Gasteiger partial charge in [0.05, 0.1) is 28.8 Å². The van der Waals surface area contributed by atoms with Crippen molar-refractivity contribution in [1.29, 1.82) is 0 Å². The lowest BCUT2D eigenvalue weighted by Crippen LogP contribution is -2.45. The molecular formula is C22H26Cl2N2O4. The number of nitrogens with one attached hydrogen (secondary N) is 1. The molecule has 2 N–H and O–H groups in total. The molecule has 2 aromatic carbocycles. The van der Waals surface area contributed by atoms with Crippen molar-refractivity contribution in [2.45, 2.75) is 25.0 Å². The van der Waals surface area contributed by atoms with Gasteiger partial charge < -0.3 is 24.8 Å². The van der Waals surface area contributed by atoms with Crippen LogP contribution in [0.15, 0.2) is 42.5 Å². The summed E-state index contributed by atoms with van der Waals surface area (Å²) < 4.78 is 11.2. The third-order valence-corrected chi connectivity index (χ3v) is 5.79. The number of para-hydroxylation sites is 1. The van der Waals surface area contributed by atoms with E-state index in [1.165, 1.54) is 7.11 Å². The van der Waals surface area contributed by atoms with E-state index < -0.39 is 6.10 Å². The number of amides is 1. The van der Waals surface area contributed by atoms with Crippen LogP contribution in [0, 0.1) is 0 Å². The Balaban J connectivity index is 1.40. The maximum Gasteiger partial charge on any atom is 0.255 e. The molecule has 0 bridgehead atoms. The summed E-state index contributed by atoms with van der Waals surface area (Å²) in [6.45, 7) is 2.29. The zero-order valence-corrected chi connectivity index (χ0v) is 18.3. The van der Waals surface area contributed by atoms with Crippen LogP contribution in [-0.2, 0) is 0 Å². The van der Waals surface area contributed by atoms with Gasteiger partial charge in [0, 0.05) is 32.2 Å². The number of rotatable bonds is 8. The van der Waals surface area contributed by atoms with Gasteiger partial charge in [-0.1, -0.05) is 35.3 Å². The van der Waals surface area contributed by atoms with Crippen molar-refractivity contribution in [2.75, 3.05) is 33.3 Å². The SMILES string of the molecule is COc1ccccc1C(=O)NC[C@@H](O)CN1CCC(Oc2ccc(Cl)c(Cl)c2)CC1. The molecule has 1 aliphatic heterocycles. The highest BCUT2D eigenvalue weighted by atomic mass is 35.5. The van der Waals surface area contributed by atoms with Crippen LogP contribution in [0.3, 0.4) is 0 Å². The van der Waals surface area contributed by atoms with Gasteiger partial charge in [0.1, 0.15) is 17.6 Å². The van der Waals surface area contributed by atoms with E-state index in [0.717, 1.165) is 25.9 Å². The van der Waals surface area contributed by atoms with E-state index in [4.69, 9.17) is 32.7 Å². The van der Waals surface area contributed by atoms with E-state index in [2.05, 4.69) is 10.2 Å². The fourth-order valence-electron chi connectivity index (χ4n) is 3.45. The van der Waals surface area contributed by atoms with Crippen molar-refractivity contribution < 1.29 is 19.4 Å². The van der Waals surface area contributed by atoms with Gasteiger partial charge in [-0.2, -0.15) is 0 Å². The fourth-order valence-corrected chi connectivity index (χ4v) is 3.74. The number of halogens is 2. The second-order valence-electron chi connectivity index (χ2n) is 7.26. The van der Waals surface area contributed by atoms with Gasteiger partial charge in [-0.05, 0) is 37.1 Å². The number of aliphatic hydroxyl groups excluding tert-OH is 1. The quantitative estimate of drug-likeness (QED) is 0.639. The topological polar surface area (TPSA) is 71.0 Å². The first-order chi connectivity index (χ1) is 14.5. The average Bonchev–Trinajstić information content (AvgIpc) is 2.76. The predicted octanol–water partition coefficient (Wildman–Crippen LogP) is 3.64. The molecule has 1 heterocycles. The van der Waals surface area contributed by atoms with Crippen LogP contribution in [0.2, 0.25) is 10.0 Å². The molecule has 1 saturated heterocycles. The number of β-amino-alcohol motifs (C(OH)–C–C–N with tert-alkyl or cyclic N) is 1. The highest BCUT2D eigenvalue weighted by Crippen LogP contribution is 2.28. The van der Waals surface area contributed by atoms with E-state index in [0.29, 0.717) is 33.7 Å². The maximum absolute atomic E-state index is 12.3. The Morgan fingerprint density at radius 1 is 1.20 bits per heavy atom. The number of carbonyl (C=O) groups excluding carboxylic acids is 1. The molecule has 0 radical (unpaired) electrons. The summed E-state index contributed by atoms with van der Waals surface area (Å²) in [6, 6.07) is 12.3. The number of ether oxygens (including phenoxy) is 2. The molecular weight excluding hydrogens is 427 g/mol. The minimum atomic E-state index is -0.656. The molecule has 8 heteroatoms. The lowest BCUT2D eigenvalue weighted by atomic mass is 10.1. The van der Waals surface area contributed by atoms with Crippen LogP contribution in [0.5, 0.6) is 11.5 Å². The van der Waals surface area contributed by atoms with E-state index in [1.54, 1.807) is 36.4 Å². The second kappa shape index (κ2) is 10.9. The Bertz CT molecular complexity index is 857. The lowest BCUT2D eigenvalue weighted by Gasteiger charge is -2.33. The monoisotopic (exact) mass is 452 g/mol. The van der Waals surface area contributed by atoms with Gasteiger partial charge in [0.15, 0.2) is 0 Å². The third kappa shape index (κ3) is 6.25. The largest absolute Gasteiger partial charge is 0.496 e. The lowest BCUT2D eigenvalue weighted by molar-refractivity contribution is 0.0593. The summed E-state index contributed by atoms with van der Waals surface area (Å²) in [7, 11) is 1.52. The Hall–Kier alpha value is -1.99. The molecule has 0 unspecified atom stereocenters. The smallest absolute Gasteiger partial charge is 0.255 e. The molecule has 0 spiro atoms. The van der Waals surface area contributed by atoms with Crippen LogP contribution in [-0.4, -0.2) is 61.4 Å². The molecule has 1 fully saturated rings. The first-order valence-electron chi connectivity index (χ1n) is 9.89. The maximum atomic E-state index is 12.3. The number of piperidine rings is 1. The highest BCUT2D eigenvalue weighted by molar-refractivity contribution is 6.42. The number of carbonyl (C=O) groups is 1. The number of hydrogen-bond donors (Lipinski definition) is 2. The molecule has 2 aromatic rings. The molecule has 0 aliphatic carbocycles. The zero-order valence-electron chi connectivity index (χ0n) is 16.8. The van der Waals surface area contributed by atoms with Gasteiger partial charge in [0.25, 0.3) is 5.91 Å². The molecule has 1 amide bonds. The van der Waals surface area contributed by atoms with Gasteiger partial charge in [-0.25, -0.2) is 0 Å². The van der Waals surface area contributed by atoms with Crippen molar-refractivity contribution in [1.82, 2.24) is 10.2 Å². The molecule has 1 atom stereocenters. The number of nitrogens with zero attached hydrogens (tertiary/aromatic N) is 1. The minimum Gasteiger partial charge on any atom is -0.496 e. The zero-order chi connectivity index (χ0) is 21.5. The van der Waals surface area contributed by atoms with E-state index in [1.807, 2.05) is 6.07 Å². The van der Waals surface area contributed by atoms with Gasteiger partial charge >= 0.3 is 0 Å². The van der Waals surface area contributed by atoms with E-state index in [9.17, 15) is 9.90 Å². The number of benzene rings is 2. The number of methoxy groups -OCH3 is 1. The van der Waals surface area contributed by atoms with Gasteiger partial charge in [0.2, 0.25) is 0 Å². The van der Waals surface area contributed by atoms with Crippen LogP contribution >= 0.6 is 23.2 Å². The Morgan fingerprint density at radius 2 is 1.93 bits per heavy atom. The van der Waals surface area contributed by atoms with Crippen LogP contribution in [0.4, 0.5) is 0 Å². The number of likely N-dealkylation sites (tertiary alicyclic amines) is 1. The minimum absolute atomic E-state index is 0.0980. The second-order valence-corrected chi connectivity index (χ2v) is 8.07. The number of hydrogen-bond acceptors (Lipinski definition) is 5. The van der Waals surface area contributed by atoms with Gasteiger partial charge in [-0.3, -0.25) is 4.79 Å².